The zero-order valence-electron chi connectivity index (χ0n) is 10.5. The predicted octanol–water partition coefficient (Wildman–Crippen LogP) is -0.188. The maximum Gasteiger partial charge on any atom is 0.260 e. The van der Waals surface area contributed by atoms with Gasteiger partial charge in [0, 0.05) is 38.6 Å². The van der Waals surface area contributed by atoms with Gasteiger partial charge in [-0.05, 0) is 13.3 Å². The second kappa shape index (κ2) is 4.32. The number of sulfonamides is 1. The third-order valence-corrected chi connectivity index (χ3v) is 5.71. The molecule has 0 saturated carbocycles. The maximum atomic E-state index is 12.7. The molecule has 2 aliphatic rings. The molecule has 3 heterocycles. The van der Waals surface area contributed by atoms with Crippen molar-refractivity contribution in [3.8, 4) is 0 Å². The summed E-state index contributed by atoms with van der Waals surface area (Å²) in [5.74, 6) is 0.899. The molecule has 7 heteroatoms. The van der Waals surface area contributed by atoms with Gasteiger partial charge < -0.3 is 9.88 Å². The number of aryl methyl sites for hydroxylation is 1. The molecule has 0 radical (unpaired) electrons. The fourth-order valence-corrected chi connectivity index (χ4v) is 4.52. The van der Waals surface area contributed by atoms with Crippen molar-refractivity contribution in [2.24, 2.45) is 0 Å². The van der Waals surface area contributed by atoms with Crippen molar-refractivity contribution in [2.75, 3.05) is 19.6 Å². The predicted molar refractivity (Wildman–Crippen MR) is 66.8 cm³/mol. The van der Waals surface area contributed by atoms with Crippen LogP contribution in [0.3, 0.4) is 0 Å². The lowest BCUT2D eigenvalue weighted by atomic mass is 10.3. The van der Waals surface area contributed by atoms with Gasteiger partial charge in [0.1, 0.15) is 5.82 Å². The molecule has 2 aliphatic heterocycles. The smallest absolute Gasteiger partial charge is 0.260 e. The number of fused-ring (bicyclic) bond motifs is 1. The fraction of sp³-hybridized carbons (Fsp3) is 0.727. The molecule has 3 rings (SSSR count). The van der Waals surface area contributed by atoms with E-state index in [2.05, 4.69) is 10.3 Å². The summed E-state index contributed by atoms with van der Waals surface area (Å²) in [4.78, 5) is 4.22. The quantitative estimate of drug-likeness (QED) is 0.809. The lowest BCUT2D eigenvalue weighted by Crippen LogP contribution is -2.52. The van der Waals surface area contributed by atoms with Crippen molar-refractivity contribution in [1.29, 1.82) is 0 Å². The minimum Gasteiger partial charge on any atom is -0.318 e. The van der Waals surface area contributed by atoms with Crippen LogP contribution in [0.1, 0.15) is 19.2 Å². The van der Waals surface area contributed by atoms with E-state index in [0.717, 1.165) is 25.2 Å². The Morgan fingerprint density at radius 3 is 3.06 bits per heavy atom. The van der Waals surface area contributed by atoms with Gasteiger partial charge in [0.15, 0.2) is 5.03 Å². The van der Waals surface area contributed by atoms with Crippen LogP contribution in [0.25, 0.3) is 0 Å². The average molecular weight is 270 g/mol. The SMILES string of the molecule is CC1CNCCN1S(=O)(=O)c1cnc2n1CCC2. The lowest BCUT2D eigenvalue weighted by molar-refractivity contribution is 0.282. The Morgan fingerprint density at radius 2 is 2.28 bits per heavy atom. The molecule has 0 spiro atoms. The third-order valence-electron chi connectivity index (χ3n) is 3.70. The van der Waals surface area contributed by atoms with Gasteiger partial charge >= 0.3 is 0 Å². The topological polar surface area (TPSA) is 67.2 Å². The second-order valence-electron chi connectivity index (χ2n) is 4.94. The van der Waals surface area contributed by atoms with Crippen molar-refractivity contribution < 1.29 is 8.42 Å². The molecular weight excluding hydrogens is 252 g/mol. The summed E-state index contributed by atoms with van der Waals surface area (Å²) in [7, 11) is -3.40. The number of imidazole rings is 1. The van der Waals surface area contributed by atoms with Crippen molar-refractivity contribution in [3.63, 3.8) is 0 Å². The molecule has 0 bridgehead atoms. The molecule has 0 aliphatic carbocycles. The van der Waals surface area contributed by atoms with E-state index in [1.54, 1.807) is 4.31 Å². The summed E-state index contributed by atoms with van der Waals surface area (Å²) in [6.45, 7) is 4.66. The number of nitrogens with zero attached hydrogens (tertiary/aromatic N) is 3. The van der Waals surface area contributed by atoms with E-state index in [0.29, 0.717) is 24.7 Å². The standard InChI is InChI=1S/C11H18N4O2S/c1-9-7-12-4-6-15(9)18(16,17)11-8-13-10-3-2-5-14(10)11/h8-9,12H,2-7H2,1H3. The van der Waals surface area contributed by atoms with Crippen LogP contribution in [0.5, 0.6) is 0 Å². The highest BCUT2D eigenvalue weighted by Gasteiger charge is 2.34. The van der Waals surface area contributed by atoms with Crippen LogP contribution in [-0.4, -0.2) is 48.0 Å². The molecule has 6 nitrogen and oxygen atoms in total. The van der Waals surface area contributed by atoms with E-state index in [4.69, 9.17) is 0 Å². The Labute approximate surface area is 107 Å². The summed E-state index contributed by atoms with van der Waals surface area (Å²) in [6, 6.07) is -0.00342. The number of aromatic nitrogens is 2. The first-order chi connectivity index (χ1) is 8.60. The van der Waals surface area contributed by atoms with E-state index in [9.17, 15) is 8.42 Å². The van der Waals surface area contributed by atoms with E-state index in [1.807, 2.05) is 11.5 Å². The molecule has 0 amide bonds. The zero-order valence-corrected chi connectivity index (χ0v) is 11.3. The minimum atomic E-state index is -3.40. The van der Waals surface area contributed by atoms with Gasteiger partial charge in [0.25, 0.3) is 10.0 Å². The number of piperazine rings is 1. The summed E-state index contributed by atoms with van der Waals surface area (Å²) in [5, 5.41) is 3.57. The highest BCUT2D eigenvalue weighted by Crippen LogP contribution is 2.24. The van der Waals surface area contributed by atoms with Crippen molar-refractivity contribution >= 4 is 10.0 Å². The Bertz CT molecular complexity index is 551. The van der Waals surface area contributed by atoms with Crippen LogP contribution in [-0.2, 0) is 23.0 Å². The third kappa shape index (κ3) is 1.77. The molecule has 0 aromatic carbocycles. The van der Waals surface area contributed by atoms with E-state index >= 15 is 0 Å². The van der Waals surface area contributed by atoms with Crippen LogP contribution >= 0.6 is 0 Å². The van der Waals surface area contributed by atoms with Gasteiger partial charge in [-0.25, -0.2) is 13.4 Å². The normalized spacial score (nSPS) is 25.3. The van der Waals surface area contributed by atoms with Crippen molar-refractivity contribution in [3.05, 3.63) is 12.0 Å². The molecular formula is C11H18N4O2S. The highest BCUT2D eigenvalue weighted by molar-refractivity contribution is 7.89. The molecule has 1 aromatic heterocycles. The average Bonchev–Trinajstić information content (AvgIpc) is 2.90. The number of rotatable bonds is 2. The number of hydrogen-bond acceptors (Lipinski definition) is 4. The van der Waals surface area contributed by atoms with Gasteiger partial charge in [-0.3, -0.25) is 0 Å². The maximum absolute atomic E-state index is 12.7. The van der Waals surface area contributed by atoms with Gasteiger partial charge in [-0.15, -0.1) is 0 Å². The largest absolute Gasteiger partial charge is 0.318 e. The second-order valence-corrected chi connectivity index (χ2v) is 6.77. The highest BCUT2D eigenvalue weighted by atomic mass is 32.2. The first-order valence-corrected chi connectivity index (χ1v) is 7.81. The molecule has 1 unspecified atom stereocenters. The first-order valence-electron chi connectivity index (χ1n) is 6.37. The van der Waals surface area contributed by atoms with Crippen LogP contribution in [0.2, 0.25) is 0 Å². The van der Waals surface area contributed by atoms with E-state index in [-0.39, 0.29) is 6.04 Å². The molecule has 1 fully saturated rings. The van der Waals surface area contributed by atoms with Gasteiger partial charge in [-0.1, -0.05) is 0 Å². The Kier molecular flexibility index (Phi) is 2.91. The van der Waals surface area contributed by atoms with Crippen LogP contribution in [0.15, 0.2) is 11.2 Å². The van der Waals surface area contributed by atoms with Gasteiger partial charge in [0.2, 0.25) is 0 Å². The number of nitrogens with one attached hydrogen (secondary N) is 1. The van der Waals surface area contributed by atoms with E-state index in [1.165, 1.54) is 6.20 Å². The van der Waals surface area contributed by atoms with Crippen LogP contribution in [0, 0.1) is 0 Å². The van der Waals surface area contributed by atoms with E-state index < -0.39 is 10.0 Å². The molecule has 1 saturated heterocycles. The summed E-state index contributed by atoms with van der Waals surface area (Å²) in [5.41, 5.74) is 0. The fourth-order valence-electron chi connectivity index (χ4n) is 2.74. The molecule has 1 aromatic rings. The molecule has 1 atom stereocenters. The Balaban J connectivity index is 1.98. The monoisotopic (exact) mass is 270 g/mol. The molecule has 18 heavy (non-hydrogen) atoms. The van der Waals surface area contributed by atoms with Gasteiger partial charge in [0.05, 0.1) is 6.20 Å². The zero-order chi connectivity index (χ0) is 12.8. The number of hydrogen-bond donors (Lipinski definition) is 1. The van der Waals surface area contributed by atoms with Gasteiger partial charge in [-0.2, -0.15) is 4.31 Å². The Morgan fingerprint density at radius 1 is 1.44 bits per heavy atom. The van der Waals surface area contributed by atoms with Crippen molar-refractivity contribution in [1.82, 2.24) is 19.2 Å². The van der Waals surface area contributed by atoms with Crippen molar-refractivity contribution in [2.45, 2.75) is 37.4 Å². The first kappa shape index (κ1) is 12.1. The lowest BCUT2D eigenvalue weighted by Gasteiger charge is -2.32. The summed E-state index contributed by atoms with van der Waals surface area (Å²) >= 11 is 0. The molecule has 1 N–H and O–H groups in total. The molecule has 100 valence electrons. The minimum absolute atomic E-state index is 0.00342. The summed E-state index contributed by atoms with van der Waals surface area (Å²) < 4.78 is 28.8. The van der Waals surface area contributed by atoms with Crippen LogP contribution in [0.4, 0.5) is 0 Å². The van der Waals surface area contributed by atoms with Crippen LogP contribution < -0.4 is 5.32 Å². The summed E-state index contributed by atoms with van der Waals surface area (Å²) in [6.07, 6.45) is 3.38. The Hall–Kier alpha value is -0.920.